The minimum atomic E-state index is -0.543. The summed E-state index contributed by atoms with van der Waals surface area (Å²) in [5.41, 5.74) is 1.56. The normalized spacial score (nSPS) is 10.3. The van der Waals surface area contributed by atoms with Crippen molar-refractivity contribution >= 4 is 11.5 Å². The maximum Gasteiger partial charge on any atom is 0.127 e. The van der Waals surface area contributed by atoms with E-state index in [1.807, 2.05) is 19.1 Å². The van der Waals surface area contributed by atoms with E-state index >= 15 is 0 Å². The molecule has 0 saturated carbocycles. The van der Waals surface area contributed by atoms with Crippen molar-refractivity contribution in [1.82, 2.24) is 4.98 Å². The largest absolute Gasteiger partial charge is 0.385 e. The van der Waals surface area contributed by atoms with Crippen LogP contribution in [-0.2, 0) is 6.42 Å². The molecule has 0 aliphatic carbocycles. The second-order valence-electron chi connectivity index (χ2n) is 4.41. The van der Waals surface area contributed by atoms with Gasteiger partial charge < -0.3 is 10.6 Å². The minimum Gasteiger partial charge on any atom is -0.385 e. The van der Waals surface area contributed by atoms with Crippen molar-refractivity contribution in [2.24, 2.45) is 0 Å². The molecule has 20 heavy (non-hydrogen) atoms. The number of aromatic nitrogens is 1. The highest BCUT2D eigenvalue weighted by Gasteiger charge is 2.01. The van der Waals surface area contributed by atoms with E-state index in [4.69, 9.17) is 0 Å². The van der Waals surface area contributed by atoms with Gasteiger partial charge in [0, 0.05) is 37.1 Å². The average molecular weight is 277 g/mol. The summed E-state index contributed by atoms with van der Waals surface area (Å²) in [6.45, 7) is 3.40. The number of pyridine rings is 1. The van der Waals surface area contributed by atoms with Gasteiger partial charge >= 0.3 is 0 Å². The fourth-order valence-electron chi connectivity index (χ4n) is 1.92. The van der Waals surface area contributed by atoms with Gasteiger partial charge in [0.15, 0.2) is 0 Å². The van der Waals surface area contributed by atoms with Crippen molar-refractivity contribution in [3.63, 3.8) is 0 Å². The molecule has 1 aromatic heterocycles. The van der Waals surface area contributed by atoms with E-state index in [1.54, 1.807) is 6.20 Å². The van der Waals surface area contributed by atoms with E-state index in [-0.39, 0.29) is 0 Å². The lowest BCUT2D eigenvalue weighted by Crippen LogP contribution is -2.06. The quantitative estimate of drug-likeness (QED) is 0.849. The third-order valence-electron chi connectivity index (χ3n) is 2.78. The van der Waals surface area contributed by atoms with Gasteiger partial charge in [0.25, 0.3) is 0 Å². The lowest BCUT2D eigenvalue weighted by atomic mass is 10.1. The third kappa shape index (κ3) is 4.19. The molecule has 2 rings (SSSR count). The second-order valence-corrected chi connectivity index (χ2v) is 4.41. The van der Waals surface area contributed by atoms with Crippen LogP contribution in [0.3, 0.4) is 0 Å². The van der Waals surface area contributed by atoms with Gasteiger partial charge in [-0.2, -0.15) is 0 Å². The lowest BCUT2D eigenvalue weighted by Gasteiger charge is -2.08. The van der Waals surface area contributed by atoms with Gasteiger partial charge in [-0.05, 0) is 37.1 Å². The molecule has 0 fully saturated rings. The van der Waals surface area contributed by atoms with Crippen molar-refractivity contribution < 1.29 is 8.78 Å². The highest BCUT2D eigenvalue weighted by atomic mass is 19.1. The molecule has 2 N–H and O–H groups in total. The van der Waals surface area contributed by atoms with Crippen molar-refractivity contribution in [3.8, 4) is 0 Å². The first-order valence-corrected chi connectivity index (χ1v) is 6.56. The Morgan fingerprint density at radius 2 is 1.80 bits per heavy atom. The Hall–Kier alpha value is -2.17. The molecular weight excluding hydrogens is 260 g/mol. The van der Waals surface area contributed by atoms with E-state index in [0.29, 0.717) is 18.5 Å². The fraction of sp³-hybridized carbons (Fsp3) is 0.267. The monoisotopic (exact) mass is 277 g/mol. The predicted molar refractivity (Wildman–Crippen MR) is 77.0 cm³/mol. The topological polar surface area (TPSA) is 37.0 Å². The number of hydrogen-bond donors (Lipinski definition) is 2. The number of anilines is 2. The van der Waals surface area contributed by atoms with Gasteiger partial charge in [-0.3, -0.25) is 0 Å². The Kier molecular flexibility index (Phi) is 4.87. The molecule has 0 spiro atoms. The summed E-state index contributed by atoms with van der Waals surface area (Å²) in [6, 6.07) is 7.33. The van der Waals surface area contributed by atoms with Crippen LogP contribution in [0.15, 0.2) is 36.5 Å². The highest BCUT2D eigenvalue weighted by molar-refractivity contribution is 5.51. The molecular formula is C15H17F2N3. The Bertz CT molecular complexity index is 553. The molecule has 0 aliphatic rings. The third-order valence-corrected chi connectivity index (χ3v) is 2.78. The van der Waals surface area contributed by atoms with Crippen molar-refractivity contribution in [2.45, 2.75) is 13.3 Å². The van der Waals surface area contributed by atoms with Crippen LogP contribution in [0, 0.1) is 11.6 Å². The summed E-state index contributed by atoms with van der Waals surface area (Å²) in [5.74, 6) is -0.286. The SMILES string of the molecule is CCNc1cc(NCCc2cc(F)cc(F)c2)ccn1. The Labute approximate surface area is 117 Å². The molecule has 5 heteroatoms. The van der Waals surface area contributed by atoms with Gasteiger partial charge in [-0.25, -0.2) is 13.8 Å². The van der Waals surface area contributed by atoms with Crippen LogP contribution >= 0.6 is 0 Å². The van der Waals surface area contributed by atoms with E-state index in [0.717, 1.165) is 24.1 Å². The zero-order valence-electron chi connectivity index (χ0n) is 11.3. The van der Waals surface area contributed by atoms with E-state index < -0.39 is 11.6 Å². The number of nitrogens with zero attached hydrogens (tertiary/aromatic N) is 1. The van der Waals surface area contributed by atoms with E-state index in [2.05, 4.69) is 15.6 Å². The summed E-state index contributed by atoms with van der Waals surface area (Å²) in [6.07, 6.45) is 2.26. The molecule has 3 nitrogen and oxygen atoms in total. The minimum absolute atomic E-state index is 0.543. The number of rotatable bonds is 6. The van der Waals surface area contributed by atoms with Gasteiger partial charge in [0.2, 0.25) is 0 Å². The summed E-state index contributed by atoms with van der Waals surface area (Å²) in [4.78, 5) is 4.17. The molecule has 106 valence electrons. The maximum absolute atomic E-state index is 13.0. The zero-order chi connectivity index (χ0) is 14.4. The van der Waals surface area contributed by atoms with Crippen molar-refractivity contribution in [1.29, 1.82) is 0 Å². The molecule has 0 unspecified atom stereocenters. The first-order valence-electron chi connectivity index (χ1n) is 6.56. The molecule has 0 aliphatic heterocycles. The zero-order valence-corrected chi connectivity index (χ0v) is 11.3. The molecule has 0 radical (unpaired) electrons. The Morgan fingerprint density at radius 3 is 2.50 bits per heavy atom. The van der Waals surface area contributed by atoms with Gasteiger partial charge in [0.1, 0.15) is 17.5 Å². The molecule has 0 atom stereocenters. The predicted octanol–water partition coefficient (Wildman–Crippen LogP) is 3.45. The van der Waals surface area contributed by atoms with Gasteiger partial charge in [-0.15, -0.1) is 0 Å². The van der Waals surface area contributed by atoms with Crippen LogP contribution in [-0.4, -0.2) is 18.1 Å². The maximum atomic E-state index is 13.0. The molecule has 0 saturated heterocycles. The first kappa shape index (κ1) is 14.2. The van der Waals surface area contributed by atoms with Crippen molar-refractivity contribution in [3.05, 3.63) is 53.7 Å². The summed E-state index contributed by atoms with van der Waals surface area (Å²) in [7, 11) is 0. The lowest BCUT2D eigenvalue weighted by molar-refractivity contribution is 0.580. The standard InChI is InChI=1S/C15H17F2N3/c1-2-18-15-10-14(4-6-20-15)19-5-3-11-7-12(16)9-13(17)8-11/h4,6-10H,2-3,5H2,1H3,(H2,18,19,20). The van der Waals surface area contributed by atoms with Crippen LogP contribution in [0.25, 0.3) is 0 Å². The van der Waals surface area contributed by atoms with Crippen molar-refractivity contribution in [2.75, 3.05) is 23.7 Å². The van der Waals surface area contributed by atoms with Crippen LogP contribution < -0.4 is 10.6 Å². The van der Waals surface area contributed by atoms with Gasteiger partial charge in [-0.1, -0.05) is 0 Å². The number of benzene rings is 1. The second kappa shape index (κ2) is 6.84. The van der Waals surface area contributed by atoms with E-state index in [1.165, 1.54) is 12.1 Å². The summed E-state index contributed by atoms with van der Waals surface area (Å²) in [5, 5.41) is 6.33. The molecule has 0 amide bonds. The number of halogens is 2. The average Bonchev–Trinajstić information content (AvgIpc) is 2.38. The van der Waals surface area contributed by atoms with Gasteiger partial charge in [0.05, 0.1) is 0 Å². The number of nitrogens with one attached hydrogen (secondary N) is 2. The fourth-order valence-corrected chi connectivity index (χ4v) is 1.92. The molecule has 1 aromatic carbocycles. The molecule has 1 heterocycles. The molecule has 2 aromatic rings. The Balaban J connectivity index is 1.90. The van der Waals surface area contributed by atoms with Crippen LogP contribution in [0.2, 0.25) is 0 Å². The summed E-state index contributed by atoms with van der Waals surface area (Å²) >= 11 is 0. The van der Waals surface area contributed by atoms with E-state index in [9.17, 15) is 8.78 Å². The first-order chi connectivity index (χ1) is 9.67. The number of hydrogen-bond acceptors (Lipinski definition) is 3. The smallest absolute Gasteiger partial charge is 0.127 e. The van der Waals surface area contributed by atoms with Crippen LogP contribution in [0.5, 0.6) is 0 Å². The van der Waals surface area contributed by atoms with Crippen LogP contribution in [0.1, 0.15) is 12.5 Å². The summed E-state index contributed by atoms with van der Waals surface area (Å²) < 4.78 is 26.1. The Morgan fingerprint density at radius 1 is 1.05 bits per heavy atom. The highest BCUT2D eigenvalue weighted by Crippen LogP contribution is 2.13. The molecule has 0 bridgehead atoms. The van der Waals surface area contributed by atoms with Crippen LogP contribution in [0.4, 0.5) is 20.3 Å².